The molecule has 3 heterocycles. The van der Waals surface area contributed by atoms with Crippen LogP contribution in [0.25, 0.3) is 10.9 Å². The molecule has 3 amide bonds. The number of nitrogens with zero attached hydrogens (tertiary/aromatic N) is 3. The number of hydrogen-bond acceptors (Lipinski definition) is 7. The van der Waals surface area contributed by atoms with E-state index in [9.17, 15) is 19.5 Å². The van der Waals surface area contributed by atoms with E-state index in [2.05, 4.69) is 20.9 Å². The van der Waals surface area contributed by atoms with E-state index in [1.807, 2.05) is 79.7 Å². The number of nitrogens with one attached hydrogen (secondary N) is 3. The van der Waals surface area contributed by atoms with Crippen LogP contribution in [0.3, 0.4) is 0 Å². The molecule has 3 aromatic rings. The summed E-state index contributed by atoms with van der Waals surface area (Å²) in [4.78, 5) is 48.3. The molecule has 2 aromatic carbocycles. The predicted molar refractivity (Wildman–Crippen MR) is 157 cm³/mol. The van der Waals surface area contributed by atoms with E-state index in [4.69, 9.17) is 0 Å². The quantitative estimate of drug-likeness (QED) is 0.314. The van der Waals surface area contributed by atoms with Gasteiger partial charge in [0.2, 0.25) is 17.7 Å². The van der Waals surface area contributed by atoms with Gasteiger partial charge in [-0.25, -0.2) is 0 Å². The smallest absolute Gasteiger partial charge is 0.249 e. The summed E-state index contributed by atoms with van der Waals surface area (Å²) in [6, 6.07) is 17.7. The topological polar surface area (TPSA) is 127 Å². The molecule has 10 nitrogen and oxygen atoms in total. The Balaban J connectivity index is 1.28. The first kappa shape index (κ1) is 28.7. The number of aromatic nitrogens is 1. The zero-order valence-corrected chi connectivity index (χ0v) is 23.5. The number of benzene rings is 2. The van der Waals surface area contributed by atoms with E-state index in [-0.39, 0.29) is 43.3 Å². The maximum atomic E-state index is 13.8. The fourth-order valence-electron chi connectivity index (χ4n) is 5.86. The molecule has 5 atom stereocenters. The van der Waals surface area contributed by atoms with Gasteiger partial charge in [-0.1, -0.05) is 48.5 Å². The van der Waals surface area contributed by atoms with Gasteiger partial charge in [-0.3, -0.25) is 24.3 Å². The Morgan fingerprint density at radius 3 is 2.49 bits per heavy atom. The average Bonchev–Trinajstić information content (AvgIpc) is 3.59. The number of likely N-dealkylation sites (tertiary alicyclic amines) is 2. The number of fused-ring (bicyclic) bond motifs is 1. The number of carbonyl (C=O) groups is 3. The molecule has 0 bridgehead atoms. The van der Waals surface area contributed by atoms with Gasteiger partial charge in [0.25, 0.3) is 0 Å². The third kappa shape index (κ3) is 6.73. The number of para-hydroxylation sites is 1. The number of aliphatic hydroxyl groups is 1. The summed E-state index contributed by atoms with van der Waals surface area (Å²) in [5.41, 5.74) is 2.40. The molecule has 2 aliphatic rings. The number of rotatable bonds is 9. The van der Waals surface area contributed by atoms with Crippen molar-refractivity contribution in [2.24, 2.45) is 0 Å². The number of pyridine rings is 1. The van der Waals surface area contributed by atoms with Crippen molar-refractivity contribution in [2.75, 3.05) is 32.5 Å². The van der Waals surface area contributed by atoms with E-state index < -0.39 is 24.1 Å². The second-order valence-electron chi connectivity index (χ2n) is 11.1. The molecule has 2 aliphatic heterocycles. The van der Waals surface area contributed by atoms with Gasteiger partial charge in [0.15, 0.2) is 0 Å². The molecule has 0 radical (unpaired) electrons. The van der Waals surface area contributed by atoms with Crippen LogP contribution in [0, 0.1) is 0 Å². The summed E-state index contributed by atoms with van der Waals surface area (Å²) >= 11 is 0. The maximum Gasteiger partial charge on any atom is 0.249 e. The van der Waals surface area contributed by atoms with Crippen molar-refractivity contribution in [1.82, 2.24) is 25.4 Å². The molecule has 5 rings (SSSR count). The van der Waals surface area contributed by atoms with Crippen LogP contribution in [0.5, 0.6) is 0 Å². The third-order valence-corrected chi connectivity index (χ3v) is 8.18. The Morgan fingerprint density at radius 1 is 1.00 bits per heavy atom. The number of aliphatic hydroxyl groups excluding tert-OH is 1. The highest BCUT2D eigenvalue weighted by molar-refractivity contribution is 5.99. The Labute approximate surface area is 240 Å². The highest BCUT2D eigenvalue weighted by Gasteiger charge is 2.45. The summed E-state index contributed by atoms with van der Waals surface area (Å²) in [6.07, 6.45) is 2.15. The summed E-state index contributed by atoms with van der Waals surface area (Å²) in [6.45, 7) is 0.923. The van der Waals surface area contributed by atoms with Crippen molar-refractivity contribution in [3.8, 4) is 0 Å². The lowest BCUT2D eigenvalue weighted by atomic mass is 10.1. The minimum Gasteiger partial charge on any atom is -0.383 e. The largest absolute Gasteiger partial charge is 0.383 e. The molecule has 0 spiro atoms. The van der Waals surface area contributed by atoms with E-state index in [1.54, 1.807) is 11.1 Å². The minimum absolute atomic E-state index is 0.136. The first-order valence-corrected chi connectivity index (χ1v) is 14.2. The highest BCUT2D eigenvalue weighted by atomic mass is 16.3. The molecule has 5 unspecified atom stereocenters. The lowest BCUT2D eigenvalue weighted by molar-refractivity contribution is -0.140. The van der Waals surface area contributed by atoms with Crippen molar-refractivity contribution in [1.29, 1.82) is 0 Å². The predicted octanol–water partition coefficient (Wildman–Crippen LogP) is 1.54. The Bertz CT molecular complexity index is 1390. The van der Waals surface area contributed by atoms with Crippen molar-refractivity contribution in [2.45, 2.75) is 56.0 Å². The normalized spacial score (nSPS) is 23.4. The summed E-state index contributed by atoms with van der Waals surface area (Å²) in [7, 11) is 3.79. The maximum absolute atomic E-state index is 13.8. The summed E-state index contributed by atoms with van der Waals surface area (Å²) in [5.74, 6) is -0.961. The van der Waals surface area contributed by atoms with Gasteiger partial charge in [-0.2, -0.15) is 0 Å². The van der Waals surface area contributed by atoms with Crippen LogP contribution in [-0.4, -0.2) is 95.1 Å². The van der Waals surface area contributed by atoms with Crippen LogP contribution in [0.15, 0.2) is 66.9 Å². The van der Waals surface area contributed by atoms with E-state index in [1.165, 1.54) is 0 Å². The fraction of sp³-hybridized carbons (Fsp3) is 0.419. The van der Waals surface area contributed by atoms with Crippen LogP contribution < -0.4 is 16.0 Å². The Hall–Kier alpha value is -3.86. The first-order chi connectivity index (χ1) is 19.8. The first-order valence-electron chi connectivity index (χ1n) is 14.2. The molecule has 4 N–H and O–H groups in total. The van der Waals surface area contributed by atoms with Crippen LogP contribution in [0.2, 0.25) is 0 Å². The van der Waals surface area contributed by atoms with Gasteiger partial charge in [0.05, 0.1) is 23.4 Å². The second kappa shape index (κ2) is 12.8. The highest BCUT2D eigenvalue weighted by Crippen LogP contribution is 2.26. The molecular weight excluding hydrogens is 520 g/mol. The molecule has 2 fully saturated rings. The number of anilines is 1. The van der Waals surface area contributed by atoms with Gasteiger partial charge in [0, 0.05) is 30.6 Å². The number of aryl methyl sites for hydroxylation is 1. The molecule has 1 aromatic heterocycles. The minimum atomic E-state index is -1.19. The second-order valence-corrected chi connectivity index (χ2v) is 11.1. The van der Waals surface area contributed by atoms with Crippen LogP contribution in [-0.2, 0) is 20.8 Å². The lowest BCUT2D eigenvalue weighted by Crippen LogP contribution is -2.50. The van der Waals surface area contributed by atoms with Crippen molar-refractivity contribution < 1.29 is 19.5 Å². The van der Waals surface area contributed by atoms with E-state index in [0.29, 0.717) is 18.5 Å². The standard InChI is InChI=1S/C31H38N6O4/c1-32-23-15-27(36(2)18-23)31(41)37-19-24(35-30(40)28(38)13-12-20-8-4-3-5-9-20)16-26(37)29(39)34-22-14-21-10-6-7-11-25(21)33-17-22/h3-11,14,17,23-24,26-28,32,38H,12-13,15-16,18-19H2,1-2H3,(H,34,39)(H,35,40). The monoisotopic (exact) mass is 558 g/mol. The molecule has 0 saturated carbocycles. The molecule has 10 heteroatoms. The molecular formula is C31H38N6O4. The van der Waals surface area contributed by atoms with Gasteiger partial charge >= 0.3 is 0 Å². The van der Waals surface area contributed by atoms with Crippen LogP contribution in [0.4, 0.5) is 5.69 Å². The molecule has 216 valence electrons. The lowest BCUT2D eigenvalue weighted by Gasteiger charge is -2.29. The van der Waals surface area contributed by atoms with E-state index in [0.717, 1.165) is 23.0 Å². The molecule has 41 heavy (non-hydrogen) atoms. The summed E-state index contributed by atoms with van der Waals surface area (Å²) in [5, 5.41) is 20.5. The van der Waals surface area contributed by atoms with Gasteiger partial charge in [-0.15, -0.1) is 0 Å². The Morgan fingerprint density at radius 2 is 1.73 bits per heavy atom. The van der Waals surface area contributed by atoms with Crippen LogP contribution >= 0.6 is 0 Å². The third-order valence-electron chi connectivity index (χ3n) is 8.18. The number of amides is 3. The van der Waals surface area contributed by atoms with Crippen molar-refractivity contribution in [3.63, 3.8) is 0 Å². The number of hydrogen-bond donors (Lipinski definition) is 4. The summed E-state index contributed by atoms with van der Waals surface area (Å²) < 4.78 is 0. The molecule has 0 aliphatic carbocycles. The SMILES string of the molecule is CNC1CC(C(=O)N2CC(NC(=O)C(O)CCc3ccccc3)CC2C(=O)Nc2cnc3ccccc3c2)N(C)C1. The number of carbonyl (C=O) groups excluding carboxylic acids is 3. The van der Waals surface area contributed by atoms with Gasteiger partial charge in [-0.05, 0) is 57.5 Å². The van der Waals surface area contributed by atoms with Gasteiger partial charge < -0.3 is 26.0 Å². The zero-order valence-electron chi connectivity index (χ0n) is 23.5. The fourth-order valence-corrected chi connectivity index (χ4v) is 5.86. The number of likely N-dealkylation sites (N-methyl/N-ethyl adjacent to an activating group) is 2. The van der Waals surface area contributed by atoms with Gasteiger partial charge in [0.1, 0.15) is 12.1 Å². The Kier molecular flexibility index (Phi) is 8.92. The van der Waals surface area contributed by atoms with Crippen molar-refractivity contribution in [3.05, 3.63) is 72.4 Å². The van der Waals surface area contributed by atoms with E-state index >= 15 is 0 Å². The molecule has 2 saturated heterocycles. The average molecular weight is 559 g/mol. The van der Waals surface area contributed by atoms with Crippen LogP contribution in [0.1, 0.15) is 24.8 Å². The van der Waals surface area contributed by atoms with Crippen molar-refractivity contribution >= 4 is 34.3 Å². The zero-order chi connectivity index (χ0) is 28.9.